The highest BCUT2D eigenvalue weighted by molar-refractivity contribution is 7.10. The summed E-state index contributed by atoms with van der Waals surface area (Å²) in [5, 5.41) is 5.87. The van der Waals surface area contributed by atoms with Crippen molar-refractivity contribution in [2.45, 2.75) is 31.4 Å². The van der Waals surface area contributed by atoms with Crippen molar-refractivity contribution in [2.24, 2.45) is 0 Å². The van der Waals surface area contributed by atoms with Crippen molar-refractivity contribution in [1.82, 2.24) is 5.32 Å². The Labute approximate surface area is 105 Å². The van der Waals surface area contributed by atoms with Crippen molar-refractivity contribution in [1.29, 1.82) is 0 Å². The van der Waals surface area contributed by atoms with Gasteiger partial charge in [0.2, 0.25) is 0 Å². The number of halogens is 1. The fourth-order valence-corrected chi connectivity index (χ4v) is 4.08. The monoisotopic (exact) mass is 257 g/mol. The molecule has 2 nitrogen and oxygen atoms in total. The van der Waals surface area contributed by atoms with E-state index in [1.807, 2.05) is 11.3 Å². The van der Waals surface area contributed by atoms with Gasteiger partial charge in [0, 0.05) is 22.9 Å². The zero-order chi connectivity index (χ0) is 11.0. The fourth-order valence-electron chi connectivity index (χ4n) is 2.70. The van der Waals surface area contributed by atoms with Gasteiger partial charge in [0.1, 0.15) is 0 Å². The minimum Gasteiger partial charge on any atom is -0.372 e. The van der Waals surface area contributed by atoms with Crippen LogP contribution in [-0.2, 0) is 11.2 Å². The summed E-state index contributed by atoms with van der Waals surface area (Å²) in [5.74, 6) is 0.573. The Morgan fingerprint density at radius 3 is 3.25 bits per heavy atom. The van der Waals surface area contributed by atoms with E-state index < -0.39 is 0 Å². The molecule has 0 aliphatic carbocycles. The first kappa shape index (κ1) is 11.0. The highest BCUT2D eigenvalue weighted by Crippen LogP contribution is 2.40. The van der Waals surface area contributed by atoms with E-state index in [-0.39, 0.29) is 6.10 Å². The second-order valence-corrected chi connectivity index (χ2v) is 5.71. The maximum Gasteiger partial charge on any atom is 0.0974 e. The molecule has 1 aromatic rings. The lowest BCUT2D eigenvalue weighted by atomic mass is 9.97. The lowest BCUT2D eigenvalue weighted by Gasteiger charge is -2.24. The van der Waals surface area contributed by atoms with Gasteiger partial charge in [0.15, 0.2) is 0 Å². The molecular weight excluding hydrogens is 242 g/mol. The first-order valence-corrected chi connectivity index (χ1v) is 7.32. The van der Waals surface area contributed by atoms with Gasteiger partial charge in [-0.3, -0.25) is 0 Å². The van der Waals surface area contributed by atoms with Crippen molar-refractivity contribution in [3.63, 3.8) is 0 Å². The van der Waals surface area contributed by atoms with E-state index >= 15 is 0 Å². The molecule has 0 radical (unpaired) electrons. The molecule has 1 fully saturated rings. The van der Waals surface area contributed by atoms with Crippen LogP contribution in [0.5, 0.6) is 0 Å². The van der Waals surface area contributed by atoms with E-state index in [0.717, 1.165) is 19.6 Å². The first-order chi connectivity index (χ1) is 7.90. The Morgan fingerprint density at radius 2 is 2.50 bits per heavy atom. The van der Waals surface area contributed by atoms with E-state index in [1.54, 1.807) is 0 Å². The van der Waals surface area contributed by atoms with Crippen LogP contribution in [0.1, 0.15) is 41.0 Å². The highest BCUT2D eigenvalue weighted by Gasteiger charge is 2.29. The number of nitrogens with one attached hydrogen (secondary N) is 1. The molecule has 2 atom stereocenters. The Morgan fingerprint density at radius 1 is 1.56 bits per heavy atom. The third kappa shape index (κ3) is 1.80. The normalized spacial score (nSPS) is 29.3. The van der Waals surface area contributed by atoms with Crippen LogP contribution < -0.4 is 5.32 Å². The van der Waals surface area contributed by atoms with Gasteiger partial charge in [-0.15, -0.1) is 22.9 Å². The van der Waals surface area contributed by atoms with Crippen molar-refractivity contribution in [2.75, 3.05) is 19.0 Å². The van der Waals surface area contributed by atoms with Crippen LogP contribution in [0.3, 0.4) is 0 Å². The van der Waals surface area contributed by atoms with Crippen molar-refractivity contribution < 1.29 is 4.74 Å². The molecule has 2 unspecified atom stereocenters. The minimum atomic E-state index is 0.120. The van der Waals surface area contributed by atoms with E-state index in [9.17, 15) is 0 Å². The zero-order valence-electron chi connectivity index (χ0n) is 9.17. The fraction of sp³-hybridized carbons (Fsp3) is 0.667. The summed E-state index contributed by atoms with van der Waals surface area (Å²) in [6, 6.07) is 0.535. The second kappa shape index (κ2) is 4.65. The maximum absolute atomic E-state index is 6.00. The summed E-state index contributed by atoms with van der Waals surface area (Å²) < 4.78 is 5.76. The van der Waals surface area contributed by atoms with Crippen LogP contribution >= 0.6 is 22.9 Å². The molecule has 88 valence electrons. The molecule has 1 saturated heterocycles. The number of hydrogen-bond acceptors (Lipinski definition) is 3. The lowest BCUT2D eigenvalue weighted by molar-refractivity contribution is 0.0582. The number of thiophene rings is 1. The van der Waals surface area contributed by atoms with Crippen LogP contribution in [0.4, 0.5) is 0 Å². The molecule has 1 N–H and O–H groups in total. The standard InChI is InChI=1S/C12H16ClNOS/c13-6-10-12-8(9-2-1-4-14-9)7-16-11(12)3-5-15-10/h7,9-10,14H,1-6H2. The topological polar surface area (TPSA) is 21.3 Å². The van der Waals surface area contributed by atoms with Gasteiger partial charge in [-0.1, -0.05) is 0 Å². The quantitative estimate of drug-likeness (QED) is 0.823. The van der Waals surface area contributed by atoms with Gasteiger partial charge in [-0.05, 0) is 30.3 Å². The molecular formula is C12H16ClNOS. The number of hydrogen-bond donors (Lipinski definition) is 1. The minimum absolute atomic E-state index is 0.120. The molecule has 2 aliphatic heterocycles. The van der Waals surface area contributed by atoms with E-state index in [1.165, 1.54) is 28.8 Å². The third-order valence-electron chi connectivity index (χ3n) is 3.49. The molecule has 4 heteroatoms. The number of ether oxygens (including phenoxy) is 1. The Hall–Kier alpha value is -0.0900. The molecule has 0 saturated carbocycles. The van der Waals surface area contributed by atoms with E-state index in [4.69, 9.17) is 16.3 Å². The molecule has 3 heterocycles. The summed E-state index contributed by atoms with van der Waals surface area (Å²) in [6.07, 6.45) is 3.70. The molecule has 0 spiro atoms. The maximum atomic E-state index is 6.00. The largest absolute Gasteiger partial charge is 0.372 e. The molecule has 3 rings (SSSR count). The third-order valence-corrected chi connectivity index (χ3v) is 4.85. The highest BCUT2D eigenvalue weighted by atomic mass is 35.5. The van der Waals surface area contributed by atoms with Crippen molar-refractivity contribution in [3.8, 4) is 0 Å². The molecule has 0 bridgehead atoms. The summed E-state index contributed by atoms with van der Waals surface area (Å²) in [4.78, 5) is 1.49. The average molecular weight is 258 g/mol. The van der Waals surface area contributed by atoms with E-state index in [2.05, 4.69) is 10.7 Å². The lowest BCUT2D eigenvalue weighted by Crippen LogP contribution is -2.20. The molecule has 0 amide bonds. The average Bonchev–Trinajstić information content (AvgIpc) is 2.96. The Kier molecular flexibility index (Phi) is 3.20. The van der Waals surface area contributed by atoms with Gasteiger partial charge in [0.25, 0.3) is 0 Å². The summed E-state index contributed by atoms with van der Waals surface area (Å²) in [7, 11) is 0. The van der Waals surface area contributed by atoms with Crippen LogP contribution in [0, 0.1) is 0 Å². The van der Waals surface area contributed by atoms with E-state index in [0.29, 0.717) is 11.9 Å². The van der Waals surface area contributed by atoms with Crippen molar-refractivity contribution in [3.05, 3.63) is 21.4 Å². The Balaban J connectivity index is 1.96. The van der Waals surface area contributed by atoms with Gasteiger partial charge < -0.3 is 10.1 Å². The van der Waals surface area contributed by atoms with Gasteiger partial charge >= 0.3 is 0 Å². The number of alkyl halides is 1. The second-order valence-electron chi connectivity index (χ2n) is 4.44. The Bertz CT molecular complexity index is 373. The van der Waals surface area contributed by atoms with Gasteiger partial charge in [-0.25, -0.2) is 0 Å². The van der Waals surface area contributed by atoms with Crippen LogP contribution in [0.25, 0.3) is 0 Å². The summed E-state index contributed by atoms with van der Waals surface area (Å²) in [6.45, 7) is 1.96. The molecule has 16 heavy (non-hydrogen) atoms. The predicted octanol–water partition coefficient (Wildman–Crippen LogP) is 3.03. The summed E-state index contributed by atoms with van der Waals surface area (Å²) >= 11 is 7.88. The number of fused-ring (bicyclic) bond motifs is 1. The predicted molar refractivity (Wildman–Crippen MR) is 67.4 cm³/mol. The summed E-state index contributed by atoms with van der Waals surface area (Å²) in [5.41, 5.74) is 2.84. The van der Waals surface area contributed by atoms with Crippen LogP contribution in [-0.4, -0.2) is 19.0 Å². The molecule has 0 aromatic carbocycles. The van der Waals surface area contributed by atoms with Gasteiger partial charge in [-0.2, -0.15) is 0 Å². The van der Waals surface area contributed by atoms with Crippen LogP contribution in [0.2, 0.25) is 0 Å². The first-order valence-electron chi connectivity index (χ1n) is 5.91. The number of rotatable bonds is 2. The molecule has 2 aliphatic rings. The van der Waals surface area contributed by atoms with Crippen LogP contribution in [0.15, 0.2) is 5.38 Å². The SMILES string of the molecule is ClCC1OCCc2scc(C3CCCN3)c21. The van der Waals surface area contributed by atoms with Gasteiger partial charge in [0.05, 0.1) is 18.6 Å². The smallest absolute Gasteiger partial charge is 0.0974 e. The van der Waals surface area contributed by atoms with Crippen molar-refractivity contribution >= 4 is 22.9 Å². The molecule has 1 aromatic heterocycles. The zero-order valence-corrected chi connectivity index (χ0v) is 10.7.